The van der Waals surface area contributed by atoms with Gasteiger partial charge < -0.3 is 9.47 Å². The number of nitrogens with one attached hydrogen (secondary N) is 1. The first kappa shape index (κ1) is 14.6. The van der Waals surface area contributed by atoms with E-state index in [9.17, 15) is 20.6 Å². The summed E-state index contributed by atoms with van der Waals surface area (Å²) in [6, 6.07) is 10.2. The minimum absolute atomic E-state index is 0.0879. The molecule has 9 heteroatoms. The molecule has 2 heterocycles. The highest BCUT2D eigenvalue weighted by molar-refractivity contribution is 5.95. The Labute approximate surface area is 136 Å². The summed E-state index contributed by atoms with van der Waals surface area (Å²) in [5.41, 5.74) is 3.65. The maximum absolute atomic E-state index is 11.0. The zero-order valence-electron chi connectivity index (χ0n) is 12.4. The van der Waals surface area contributed by atoms with Crippen molar-refractivity contribution in [2.24, 2.45) is 16.6 Å². The monoisotopic (exact) mass is 326 g/mol. The summed E-state index contributed by atoms with van der Waals surface area (Å²) >= 11 is 0. The number of benzene rings is 1. The molecule has 3 atom stereocenters. The summed E-state index contributed by atoms with van der Waals surface area (Å²) in [6.45, 7) is 0.514. The molecule has 120 valence electrons. The van der Waals surface area contributed by atoms with Gasteiger partial charge in [-0.2, -0.15) is 10.5 Å². The summed E-state index contributed by atoms with van der Waals surface area (Å²) in [5, 5.41) is 30.8. The van der Waals surface area contributed by atoms with Gasteiger partial charge >= 0.3 is 5.91 Å². The van der Waals surface area contributed by atoms with E-state index in [2.05, 4.69) is 17.1 Å². The highest BCUT2D eigenvalue weighted by Crippen LogP contribution is 2.79. The quantitative estimate of drug-likeness (QED) is 0.515. The van der Waals surface area contributed by atoms with E-state index in [1.807, 2.05) is 0 Å². The average Bonchev–Trinajstić information content (AvgIpc) is 2.84. The molecule has 0 radical (unpaired) electrons. The van der Waals surface area contributed by atoms with Gasteiger partial charge in [0.15, 0.2) is 10.8 Å². The summed E-state index contributed by atoms with van der Waals surface area (Å²) in [7, 11) is 0. The van der Waals surface area contributed by atoms with E-state index in [-0.39, 0.29) is 24.7 Å². The maximum Gasteiger partial charge on any atom is 0.343 e. The van der Waals surface area contributed by atoms with Crippen LogP contribution in [0.25, 0.3) is 0 Å². The lowest BCUT2D eigenvalue weighted by atomic mass is 9.94. The Morgan fingerprint density at radius 1 is 1.33 bits per heavy atom. The van der Waals surface area contributed by atoms with Gasteiger partial charge in [0.05, 0.1) is 30.3 Å². The van der Waals surface area contributed by atoms with Crippen LogP contribution in [0.5, 0.6) is 0 Å². The van der Waals surface area contributed by atoms with Gasteiger partial charge in [-0.1, -0.05) is 12.1 Å². The van der Waals surface area contributed by atoms with E-state index < -0.39 is 27.6 Å². The molecule has 1 spiro atoms. The first-order chi connectivity index (χ1) is 11.5. The van der Waals surface area contributed by atoms with Crippen molar-refractivity contribution in [2.75, 3.05) is 13.2 Å². The van der Waals surface area contributed by atoms with Crippen molar-refractivity contribution < 1.29 is 19.4 Å². The number of non-ortho nitro benzene ring substituents is 1. The molecule has 3 N–H and O–H groups in total. The molecule has 24 heavy (non-hydrogen) atoms. The van der Waals surface area contributed by atoms with Crippen LogP contribution < -0.4 is 10.7 Å². The molecule has 1 saturated carbocycles. The normalized spacial score (nSPS) is 34.9. The summed E-state index contributed by atoms with van der Waals surface area (Å²) in [6.07, 6.45) is 0. The number of hydrogen-bond donors (Lipinski definition) is 2. The van der Waals surface area contributed by atoms with Gasteiger partial charge in [-0.15, -0.1) is 0 Å². The Hall–Kier alpha value is -3.01. The van der Waals surface area contributed by atoms with Crippen LogP contribution in [0, 0.1) is 43.6 Å². The minimum atomic E-state index is -1.50. The fourth-order valence-corrected chi connectivity index (χ4v) is 4.14. The van der Waals surface area contributed by atoms with Crippen LogP contribution in [0.4, 0.5) is 5.69 Å². The number of nitro groups is 1. The number of amidine groups is 1. The van der Waals surface area contributed by atoms with Crippen LogP contribution >= 0.6 is 0 Å². The third kappa shape index (κ3) is 1.29. The maximum atomic E-state index is 11.0. The summed E-state index contributed by atoms with van der Waals surface area (Å²) in [5.74, 6) is -2.10. The molecule has 1 aromatic carbocycles. The SMILES string of the molecule is N#C[C@@]12C(N)=[NH+]C3(OCCO3)[C@]1(C#N)[C@H]2c1cccc([N+](=O)[O-])c1. The van der Waals surface area contributed by atoms with E-state index in [0.29, 0.717) is 5.56 Å². The molecule has 0 bridgehead atoms. The van der Waals surface area contributed by atoms with Gasteiger partial charge in [0.25, 0.3) is 11.5 Å². The van der Waals surface area contributed by atoms with Crippen molar-refractivity contribution in [3.63, 3.8) is 0 Å². The highest BCUT2D eigenvalue weighted by atomic mass is 16.8. The molecule has 1 aromatic rings. The van der Waals surface area contributed by atoms with Gasteiger partial charge in [0.1, 0.15) is 0 Å². The Morgan fingerprint density at radius 3 is 2.62 bits per heavy atom. The van der Waals surface area contributed by atoms with E-state index in [4.69, 9.17) is 15.2 Å². The molecular weight excluding hydrogens is 314 g/mol. The second kappa shape index (κ2) is 4.29. The van der Waals surface area contributed by atoms with Gasteiger partial charge in [0, 0.05) is 18.1 Å². The van der Waals surface area contributed by atoms with Gasteiger partial charge in [-0.05, 0) is 5.56 Å². The number of rotatable bonds is 2. The first-order valence-electron chi connectivity index (χ1n) is 7.25. The van der Waals surface area contributed by atoms with E-state index in [1.165, 1.54) is 18.2 Å². The third-order valence-electron chi connectivity index (χ3n) is 5.11. The smallest absolute Gasteiger partial charge is 0.311 e. The van der Waals surface area contributed by atoms with E-state index in [1.54, 1.807) is 6.07 Å². The number of nitrogens with two attached hydrogens (primary N) is 1. The van der Waals surface area contributed by atoms with Crippen molar-refractivity contribution in [3.05, 3.63) is 39.9 Å². The van der Waals surface area contributed by atoms with Crippen LogP contribution in [-0.4, -0.2) is 29.9 Å². The van der Waals surface area contributed by atoms with Gasteiger partial charge in [0.2, 0.25) is 0 Å². The van der Waals surface area contributed by atoms with Gasteiger partial charge in [-0.3, -0.25) is 15.8 Å². The number of nitrogens with zero attached hydrogens (tertiary/aromatic N) is 3. The van der Waals surface area contributed by atoms with Crippen LogP contribution in [0.3, 0.4) is 0 Å². The molecular formula is C15H12N5O4+. The van der Waals surface area contributed by atoms with Crippen LogP contribution in [0.2, 0.25) is 0 Å². The lowest BCUT2D eigenvalue weighted by Gasteiger charge is -2.23. The van der Waals surface area contributed by atoms with Crippen molar-refractivity contribution in [1.82, 2.24) is 0 Å². The summed E-state index contributed by atoms with van der Waals surface area (Å²) < 4.78 is 11.3. The molecule has 0 amide bonds. The van der Waals surface area contributed by atoms with Crippen LogP contribution in [0.15, 0.2) is 24.3 Å². The lowest BCUT2D eigenvalue weighted by molar-refractivity contribution is -0.676. The van der Waals surface area contributed by atoms with Crippen molar-refractivity contribution in [3.8, 4) is 12.1 Å². The first-order valence-corrected chi connectivity index (χ1v) is 7.25. The lowest BCUT2D eigenvalue weighted by Crippen LogP contribution is -2.89. The van der Waals surface area contributed by atoms with E-state index >= 15 is 0 Å². The van der Waals surface area contributed by atoms with E-state index in [0.717, 1.165) is 0 Å². The predicted molar refractivity (Wildman–Crippen MR) is 76.7 cm³/mol. The molecule has 1 aliphatic carbocycles. The van der Waals surface area contributed by atoms with Crippen LogP contribution in [0.1, 0.15) is 11.5 Å². The zero-order valence-corrected chi connectivity index (χ0v) is 12.4. The topological polar surface area (TPSA) is 149 Å². The summed E-state index contributed by atoms with van der Waals surface area (Å²) in [4.78, 5) is 13.3. The number of hydrogen-bond acceptors (Lipinski definition) is 7. The number of ether oxygens (including phenoxy) is 2. The van der Waals surface area contributed by atoms with Crippen molar-refractivity contribution in [2.45, 2.75) is 11.8 Å². The predicted octanol–water partition coefficient (Wildman–Crippen LogP) is -1.14. The molecule has 4 rings (SSSR count). The number of nitriles is 2. The third-order valence-corrected chi connectivity index (χ3v) is 5.11. The fourth-order valence-electron chi connectivity index (χ4n) is 4.14. The average molecular weight is 326 g/mol. The number of nitro benzene ring substituents is 1. The van der Waals surface area contributed by atoms with Crippen molar-refractivity contribution >= 4 is 11.5 Å². The fraction of sp³-hybridized carbons (Fsp3) is 0.400. The largest absolute Gasteiger partial charge is 0.343 e. The zero-order chi connectivity index (χ0) is 17.2. The van der Waals surface area contributed by atoms with Crippen molar-refractivity contribution in [1.29, 1.82) is 10.5 Å². The second-order valence-corrected chi connectivity index (χ2v) is 5.98. The molecule has 1 saturated heterocycles. The molecule has 3 aliphatic rings. The Bertz CT molecular complexity index is 879. The molecule has 2 fully saturated rings. The second-order valence-electron chi connectivity index (χ2n) is 5.98. The Balaban J connectivity index is 1.91. The molecule has 9 nitrogen and oxygen atoms in total. The Kier molecular flexibility index (Phi) is 2.61. The molecule has 2 aliphatic heterocycles. The highest BCUT2D eigenvalue weighted by Gasteiger charge is 2.97. The molecule has 0 aromatic heterocycles. The number of fused-ring (bicyclic) bond motifs is 2. The Morgan fingerprint density at radius 2 is 2.04 bits per heavy atom. The molecule has 0 unspecified atom stereocenters. The van der Waals surface area contributed by atoms with Gasteiger partial charge in [-0.25, -0.2) is 4.99 Å². The van der Waals surface area contributed by atoms with Crippen LogP contribution in [-0.2, 0) is 9.47 Å². The minimum Gasteiger partial charge on any atom is -0.311 e. The standard InChI is InChI=1S/C15H11N5O4/c16-7-13-11(9-2-1-3-10(6-9)20(21)22)14(13,8-17)15(19-12(13)18)23-4-5-24-15/h1-3,6,11H,4-5H2,(H2,18,19)/p+1/t11-,13+,14+/m0/s1.